The lowest BCUT2D eigenvalue weighted by Crippen LogP contribution is -1.92. The van der Waals surface area contributed by atoms with Gasteiger partial charge in [0.2, 0.25) is 0 Å². The number of rotatable bonds is 12. The molecular formula is C138H90. The van der Waals surface area contributed by atoms with E-state index in [-0.39, 0.29) is 137 Å². The Kier molecular flexibility index (Phi) is 15.5. The standard InChI is InChI=1S/3C46H30/c1-2-14-31(15-3-1)37-28-29-44(39-22-7-6-21-38(37)39)46-42-25-10-8-23-40(42)45(41-24-9-11-26-43(41)46)34-19-12-18-33(30-34)36-27-13-17-32-16-4-5-20-35(32)36;1-2-14-32(15-3-1)37-27-28-44(39-20-7-6-19-38(37)39)46-42-23-10-8-21-40(42)45(41-22-9-11-24-43(41)46)36-18-12-17-34(30-36)35-26-25-31-13-4-5-16-33(31)29-35;1-2-13-33(14-3-1)37-28-29-44(39-17-7-6-16-38(37)39)46-42-20-10-8-18-40(42)45(41-19-9-11-21-43(41)46)34-25-22-32(23-26-34)36-27-24-31-12-4-5-15-35(31)30-36/h3*1-30H/i8D,9D,10D,11D,23D,24D,25D,26D;8D,9D,10D,11D,21D,22D,23D,24D;8D,9D,10D,11D,18D,19D,20D,21D. The van der Waals surface area contributed by atoms with Crippen LogP contribution >= 0.6 is 0 Å². The molecule has 0 atom stereocenters. The van der Waals surface area contributed by atoms with Crippen molar-refractivity contribution >= 4 is 129 Å². The van der Waals surface area contributed by atoms with Crippen LogP contribution in [-0.4, -0.2) is 0 Å². The zero-order valence-electron chi connectivity index (χ0n) is 98.1. The van der Waals surface area contributed by atoms with Gasteiger partial charge in [0.15, 0.2) is 0 Å². The molecule has 0 amide bonds. The highest BCUT2D eigenvalue weighted by Gasteiger charge is 2.25. The molecule has 0 saturated carbocycles. The van der Waals surface area contributed by atoms with Gasteiger partial charge in [-0.15, -0.1) is 0 Å². The van der Waals surface area contributed by atoms with Crippen LogP contribution in [0.1, 0.15) is 32.9 Å². The molecule has 27 aromatic rings. The summed E-state index contributed by atoms with van der Waals surface area (Å²) in [6.45, 7) is 0. The Balaban J connectivity index is 0.000000123. The average molecular weight is 1770 g/mol. The van der Waals surface area contributed by atoms with Crippen molar-refractivity contribution in [2.45, 2.75) is 0 Å². The fraction of sp³-hybridized carbons (Fsp3) is 0. The summed E-state index contributed by atoms with van der Waals surface area (Å²) in [5.74, 6) is 0. The van der Waals surface area contributed by atoms with Gasteiger partial charge in [-0.1, -0.05) is 521 Å². The molecule has 0 saturated heterocycles. The summed E-state index contributed by atoms with van der Waals surface area (Å²) < 4.78 is 219. The maximum atomic E-state index is 9.44. The lowest BCUT2D eigenvalue weighted by molar-refractivity contribution is 1.62. The van der Waals surface area contributed by atoms with Crippen molar-refractivity contribution in [1.29, 1.82) is 0 Å². The van der Waals surface area contributed by atoms with Crippen LogP contribution in [0.2, 0.25) is 0 Å². The van der Waals surface area contributed by atoms with Gasteiger partial charge >= 0.3 is 0 Å². The molecule has 0 N–H and O–H groups in total. The van der Waals surface area contributed by atoms with Crippen LogP contribution in [0.3, 0.4) is 0 Å². The number of hydrogen-bond acceptors (Lipinski definition) is 0. The van der Waals surface area contributed by atoms with Crippen LogP contribution in [0.5, 0.6) is 0 Å². The lowest BCUT2D eigenvalue weighted by Gasteiger charge is -2.20. The Hall–Kier alpha value is -17.9. The Labute approximate surface area is 836 Å². The molecule has 0 unspecified atom stereocenters. The van der Waals surface area contributed by atoms with Gasteiger partial charge in [-0.2, -0.15) is 0 Å². The van der Waals surface area contributed by atoms with E-state index < -0.39 is 72.5 Å². The zero-order chi connectivity index (χ0) is 112. The van der Waals surface area contributed by atoms with Crippen LogP contribution in [0.15, 0.2) is 545 Å². The highest BCUT2D eigenvalue weighted by atomic mass is 14.3. The van der Waals surface area contributed by atoms with Crippen molar-refractivity contribution in [2.24, 2.45) is 0 Å². The van der Waals surface area contributed by atoms with Crippen LogP contribution < -0.4 is 0 Å². The van der Waals surface area contributed by atoms with Crippen molar-refractivity contribution in [1.82, 2.24) is 0 Å². The SMILES string of the molecule is [2H]c1c([2H])c([2H])c2c(-c3ccc(-c4ccccc4)c4ccccc34)c3c([2H])c([2H])c([2H])c([2H])c3c(-c3ccc(-c4ccc5ccccc5c4)cc3)c2c1[2H].[2H]c1c([2H])c([2H])c2c(-c3ccc(-c4ccccc4)c4ccccc34)c3c([2H])c([2H])c([2H])c([2H])c3c(-c3cccc(-c4ccc5ccccc5c4)c3)c2c1[2H].[2H]c1c([2H])c([2H])c2c(-c3ccc(-c4ccccc4)c4ccccc34)c3c([2H])c([2H])c([2H])c([2H])c3c(-c3cccc(-c4cccc5ccccc45)c3)c2c1[2H]. The third-order valence-electron chi connectivity index (χ3n) is 26.7. The van der Waals surface area contributed by atoms with Crippen LogP contribution in [0.4, 0.5) is 0 Å². The average Bonchev–Trinajstić information content (AvgIpc) is 0.700. The van der Waals surface area contributed by atoms with Gasteiger partial charge < -0.3 is 0 Å². The molecule has 27 aromatic carbocycles. The van der Waals surface area contributed by atoms with Crippen LogP contribution in [0.25, 0.3) is 263 Å². The van der Waals surface area contributed by atoms with E-state index in [1.165, 1.54) is 0 Å². The maximum absolute atomic E-state index is 9.44. The molecule has 0 aliphatic carbocycles. The van der Waals surface area contributed by atoms with Gasteiger partial charge in [-0.25, -0.2) is 0 Å². The van der Waals surface area contributed by atoms with E-state index in [2.05, 4.69) is 48.5 Å². The van der Waals surface area contributed by atoms with Crippen molar-refractivity contribution < 1.29 is 32.9 Å². The molecule has 642 valence electrons. The minimum atomic E-state index is -0.422. The fourth-order valence-electron chi connectivity index (χ4n) is 20.4. The minimum absolute atomic E-state index is 0.194. The highest BCUT2D eigenvalue weighted by Crippen LogP contribution is 2.53. The van der Waals surface area contributed by atoms with Crippen molar-refractivity contribution in [3.8, 4) is 134 Å². The van der Waals surface area contributed by atoms with E-state index in [0.29, 0.717) is 66.8 Å². The predicted molar refractivity (Wildman–Crippen MR) is 595 cm³/mol. The summed E-state index contributed by atoms with van der Waals surface area (Å²) in [6.07, 6.45) is 0. The Morgan fingerprint density at radius 3 is 0.681 bits per heavy atom. The second-order valence-corrected chi connectivity index (χ2v) is 34.4. The first-order valence-corrected chi connectivity index (χ1v) is 45.9. The Morgan fingerprint density at radius 1 is 0.101 bits per heavy atom. The Morgan fingerprint density at radius 2 is 0.319 bits per heavy atom. The fourth-order valence-corrected chi connectivity index (χ4v) is 20.4. The molecule has 0 nitrogen and oxygen atoms in total. The van der Waals surface area contributed by atoms with Gasteiger partial charge in [0.25, 0.3) is 0 Å². The van der Waals surface area contributed by atoms with Gasteiger partial charge in [0.05, 0.1) is 32.9 Å². The molecule has 0 spiro atoms. The summed E-state index contributed by atoms with van der Waals surface area (Å²) in [4.78, 5) is 0. The van der Waals surface area contributed by atoms with E-state index in [4.69, 9.17) is 16.4 Å². The predicted octanol–water partition coefficient (Wildman–Crippen LogP) is 38.9. The summed E-state index contributed by atoms with van der Waals surface area (Å²) in [5, 5.41) is 13.9. The summed E-state index contributed by atoms with van der Waals surface area (Å²) >= 11 is 0. The largest absolute Gasteiger partial charge is 0.0629 e. The minimum Gasteiger partial charge on any atom is -0.0622 e. The first kappa shape index (κ1) is 60.3. The molecule has 0 heteroatoms. The Bertz CT molecular complexity index is 10800. The van der Waals surface area contributed by atoms with E-state index in [1.54, 1.807) is 0 Å². The van der Waals surface area contributed by atoms with Gasteiger partial charge in [-0.05, 0) is 287 Å². The molecular weight excluding hydrogens is 1660 g/mol. The van der Waals surface area contributed by atoms with E-state index in [9.17, 15) is 16.4 Å². The smallest absolute Gasteiger partial charge is 0.0622 e. The maximum Gasteiger partial charge on any atom is 0.0629 e. The number of benzene rings is 27. The second-order valence-electron chi connectivity index (χ2n) is 34.4. The molecule has 0 aromatic heterocycles. The van der Waals surface area contributed by atoms with Crippen molar-refractivity contribution in [3.63, 3.8) is 0 Å². The topological polar surface area (TPSA) is 0 Å². The van der Waals surface area contributed by atoms with Gasteiger partial charge in [0, 0.05) is 0 Å². The molecule has 27 rings (SSSR count). The quantitative estimate of drug-likeness (QED) is 0.107. The first-order valence-electron chi connectivity index (χ1n) is 57.9. The molecule has 0 fully saturated rings. The zero-order valence-corrected chi connectivity index (χ0v) is 74.1. The normalized spacial score (nSPS) is 13.9. The van der Waals surface area contributed by atoms with Crippen molar-refractivity contribution in [3.05, 3.63) is 545 Å². The van der Waals surface area contributed by atoms with E-state index in [1.807, 2.05) is 352 Å². The van der Waals surface area contributed by atoms with Crippen LogP contribution in [0, 0.1) is 0 Å². The molecule has 0 bridgehead atoms. The molecule has 0 aliphatic heterocycles. The van der Waals surface area contributed by atoms with E-state index >= 15 is 0 Å². The summed E-state index contributed by atoms with van der Waals surface area (Å²) in [7, 11) is 0. The molecule has 0 radical (unpaired) electrons. The summed E-state index contributed by atoms with van der Waals surface area (Å²) in [5.41, 5.74) is 17.0. The van der Waals surface area contributed by atoms with Crippen LogP contribution in [-0.2, 0) is 0 Å². The first-order chi connectivity index (χ1) is 78.5. The second kappa shape index (κ2) is 35.5. The highest BCUT2D eigenvalue weighted by molar-refractivity contribution is 6.28. The number of fused-ring (bicyclic) bond motifs is 12. The van der Waals surface area contributed by atoms with Gasteiger partial charge in [0.1, 0.15) is 0 Å². The monoisotopic (exact) mass is 1770 g/mol. The van der Waals surface area contributed by atoms with Crippen molar-refractivity contribution in [2.75, 3.05) is 0 Å². The molecule has 138 heavy (non-hydrogen) atoms. The number of hydrogen-bond donors (Lipinski definition) is 0. The molecule has 0 aliphatic rings. The van der Waals surface area contributed by atoms with E-state index in [0.717, 1.165) is 131 Å². The third-order valence-corrected chi connectivity index (χ3v) is 26.7. The summed E-state index contributed by atoms with van der Waals surface area (Å²) in [6, 6.07) is 122. The third kappa shape index (κ3) is 14.8. The van der Waals surface area contributed by atoms with Gasteiger partial charge in [-0.3, -0.25) is 0 Å². The lowest BCUT2D eigenvalue weighted by atomic mass is 9.83. The molecule has 0 heterocycles.